The van der Waals surface area contributed by atoms with E-state index in [1.165, 1.54) is 6.08 Å². The first-order chi connectivity index (χ1) is 10.9. The predicted octanol–water partition coefficient (Wildman–Crippen LogP) is 5.02. The normalized spacial score (nSPS) is 13.4. The van der Waals surface area contributed by atoms with Crippen molar-refractivity contribution in [1.29, 1.82) is 0 Å². The Balaban J connectivity index is 2.55. The van der Waals surface area contributed by atoms with Crippen LogP contribution in [-0.2, 0) is 9.53 Å². The third-order valence-electron chi connectivity index (χ3n) is 3.52. The molecule has 126 valence electrons. The largest absolute Gasteiger partial charge is 0.497 e. The van der Waals surface area contributed by atoms with Gasteiger partial charge in [0.2, 0.25) is 0 Å². The fourth-order valence-corrected chi connectivity index (χ4v) is 2.13. The summed E-state index contributed by atoms with van der Waals surface area (Å²) in [6, 6.07) is 7.71. The Kier molecular flexibility index (Phi) is 7.60. The molecule has 0 aliphatic rings. The lowest BCUT2D eigenvalue weighted by molar-refractivity contribution is -0.149. The second kappa shape index (κ2) is 9.19. The molecule has 1 unspecified atom stereocenters. The van der Waals surface area contributed by atoms with Crippen LogP contribution >= 0.6 is 0 Å². The zero-order chi connectivity index (χ0) is 17.3. The molecule has 0 fully saturated rings. The topological polar surface area (TPSA) is 35.5 Å². The first-order valence-corrected chi connectivity index (χ1v) is 8.06. The molecule has 0 saturated heterocycles. The Hall–Kier alpha value is -2.03. The van der Waals surface area contributed by atoms with Crippen LogP contribution in [0.1, 0.15) is 46.1 Å². The van der Waals surface area contributed by atoms with Gasteiger partial charge in [0.05, 0.1) is 7.11 Å². The minimum Gasteiger partial charge on any atom is -0.497 e. The molecule has 1 rings (SSSR count). The monoisotopic (exact) mass is 316 g/mol. The lowest BCUT2D eigenvalue weighted by Crippen LogP contribution is -2.31. The van der Waals surface area contributed by atoms with Crippen LogP contribution in [0.15, 0.2) is 42.5 Å². The Morgan fingerprint density at radius 1 is 1.17 bits per heavy atom. The molecule has 0 spiro atoms. The number of hydrogen-bond donors (Lipinski definition) is 0. The maximum Gasteiger partial charge on any atom is 0.331 e. The van der Waals surface area contributed by atoms with Crippen LogP contribution in [-0.4, -0.2) is 19.2 Å². The van der Waals surface area contributed by atoms with E-state index in [2.05, 4.69) is 27.7 Å². The average molecular weight is 316 g/mol. The minimum atomic E-state index is -0.294. The van der Waals surface area contributed by atoms with Crippen molar-refractivity contribution in [2.75, 3.05) is 7.11 Å². The Bertz CT molecular complexity index is 533. The van der Waals surface area contributed by atoms with Gasteiger partial charge in [-0.2, -0.15) is 0 Å². The molecule has 0 heterocycles. The van der Waals surface area contributed by atoms with E-state index in [9.17, 15) is 4.79 Å². The van der Waals surface area contributed by atoms with Crippen LogP contribution in [0.5, 0.6) is 5.75 Å². The zero-order valence-corrected chi connectivity index (χ0v) is 14.8. The summed E-state index contributed by atoms with van der Waals surface area (Å²) in [5.41, 5.74) is 1.00. The highest BCUT2D eigenvalue weighted by Gasteiger charge is 2.26. The molecule has 0 radical (unpaired) electrons. The summed E-state index contributed by atoms with van der Waals surface area (Å²) in [5, 5.41) is 0. The lowest BCUT2D eigenvalue weighted by Gasteiger charge is -2.29. The fraction of sp³-hybridized carbons (Fsp3) is 0.450. The van der Waals surface area contributed by atoms with Crippen LogP contribution < -0.4 is 4.74 Å². The molecular weight excluding hydrogens is 288 g/mol. The van der Waals surface area contributed by atoms with Gasteiger partial charge in [0, 0.05) is 6.08 Å². The molecule has 0 aromatic heterocycles. The van der Waals surface area contributed by atoms with E-state index < -0.39 is 0 Å². The van der Waals surface area contributed by atoms with Crippen molar-refractivity contribution in [1.82, 2.24) is 0 Å². The molecular formula is C20H28O3. The molecule has 1 atom stereocenters. The van der Waals surface area contributed by atoms with Gasteiger partial charge in [-0.05, 0) is 29.5 Å². The molecule has 0 amide bonds. The highest BCUT2D eigenvalue weighted by atomic mass is 16.5. The first kappa shape index (κ1) is 19.0. The zero-order valence-electron chi connectivity index (χ0n) is 14.8. The molecule has 1 aromatic carbocycles. The van der Waals surface area contributed by atoms with E-state index in [4.69, 9.17) is 9.47 Å². The van der Waals surface area contributed by atoms with Gasteiger partial charge in [0.25, 0.3) is 0 Å². The van der Waals surface area contributed by atoms with Gasteiger partial charge in [0.15, 0.2) is 0 Å². The highest BCUT2D eigenvalue weighted by Crippen LogP contribution is 2.26. The van der Waals surface area contributed by atoms with Gasteiger partial charge in [-0.1, -0.05) is 64.5 Å². The number of rotatable bonds is 7. The summed E-state index contributed by atoms with van der Waals surface area (Å²) in [6.45, 7) is 8.37. The average Bonchev–Trinajstić information content (AvgIpc) is 2.51. The molecule has 0 aliphatic heterocycles. The first-order valence-electron chi connectivity index (χ1n) is 8.06. The third kappa shape index (κ3) is 7.18. The molecule has 3 nitrogen and oxygen atoms in total. The van der Waals surface area contributed by atoms with Crippen molar-refractivity contribution in [2.24, 2.45) is 5.41 Å². The highest BCUT2D eigenvalue weighted by molar-refractivity contribution is 5.82. The van der Waals surface area contributed by atoms with Crippen molar-refractivity contribution in [3.63, 3.8) is 0 Å². The molecule has 23 heavy (non-hydrogen) atoms. The number of methoxy groups -OCH3 is 1. The summed E-state index contributed by atoms with van der Waals surface area (Å²) >= 11 is 0. The third-order valence-corrected chi connectivity index (χ3v) is 3.52. The van der Waals surface area contributed by atoms with Crippen LogP contribution in [0.3, 0.4) is 0 Å². The van der Waals surface area contributed by atoms with Gasteiger partial charge < -0.3 is 9.47 Å². The molecule has 1 aromatic rings. The SMILES string of the molecule is CCCC(OC(=O)C=CC=Cc1ccc(OC)cc1)C(C)(C)C. The lowest BCUT2D eigenvalue weighted by atomic mass is 9.86. The van der Waals surface area contributed by atoms with Gasteiger partial charge in [-0.3, -0.25) is 0 Å². The number of esters is 1. The van der Waals surface area contributed by atoms with Crippen LogP contribution in [0, 0.1) is 5.41 Å². The minimum absolute atomic E-state index is 0.0432. The Morgan fingerprint density at radius 3 is 2.35 bits per heavy atom. The number of carbonyl (C=O) groups is 1. The van der Waals surface area contributed by atoms with Gasteiger partial charge in [-0.15, -0.1) is 0 Å². The smallest absolute Gasteiger partial charge is 0.331 e. The number of hydrogen-bond acceptors (Lipinski definition) is 3. The summed E-state index contributed by atoms with van der Waals surface area (Å²) in [4.78, 5) is 11.9. The van der Waals surface area contributed by atoms with Crippen LogP contribution in [0.25, 0.3) is 6.08 Å². The molecule has 0 bridgehead atoms. The predicted molar refractivity (Wildman–Crippen MR) is 95.4 cm³/mol. The molecule has 0 N–H and O–H groups in total. The van der Waals surface area contributed by atoms with E-state index in [1.807, 2.05) is 36.4 Å². The number of benzene rings is 1. The molecule has 0 saturated carbocycles. The number of carbonyl (C=O) groups excluding carboxylic acids is 1. The summed E-state index contributed by atoms with van der Waals surface area (Å²) < 4.78 is 10.7. The quantitative estimate of drug-likeness (QED) is 0.402. The maximum absolute atomic E-state index is 11.9. The van der Waals surface area contributed by atoms with Gasteiger partial charge >= 0.3 is 5.97 Å². The van der Waals surface area contributed by atoms with Gasteiger partial charge in [-0.25, -0.2) is 4.79 Å². The van der Waals surface area contributed by atoms with Crippen molar-refractivity contribution >= 4 is 12.0 Å². The van der Waals surface area contributed by atoms with E-state index in [-0.39, 0.29) is 17.5 Å². The number of ether oxygens (including phenoxy) is 2. The Labute approximate surface area is 140 Å². The number of allylic oxidation sites excluding steroid dienone is 2. The second-order valence-electron chi connectivity index (χ2n) is 6.57. The van der Waals surface area contributed by atoms with Gasteiger partial charge in [0.1, 0.15) is 11.9 Å². The standard InChI is InChI=1S/C20H28O3/c1-6-9-18(20(2,3)4)23-19(21)11-8-7-10-16-12-14-17(22-5)15-13-16/h7-8,10-15,18H,6,9H2,1-5H3. The molecule has 3 heteroatoms. The van der Waals surface area contributed by atoms with E-state index in [0.717, 1.165) is 24.2 Å². The maximum atomic E-state index is 11.9. The van der Waals surface area contributed by atoms with E-state index in [1.54, 1.807) is 13.2 Å². The fourth-order valence-electron chi connectivity index (χ4n) is 2.13. The second-order valence-corrected chi connectivity index (χ2v) is 6.57. The van der Waals surface area contributed by atoms with Crippen LogP contribution in [0.2, 0.25) is 0 Å². The summed E-state index contributed by atoms with van der Waals surface area (Å²) in [6.07, 6.45) is 8.74. The van der Waals surface area contributed by atoms with E-state index >= 15 is 0 Å². The Morgan fingerprint density at radius 2 is 1.83 bits per heavy atom. The van der Waals surface area contributed by atoms with Crippen molar-refractivity contribution in [3.05, 3.63) is 48.1 Å². The van der Waals surface area contributed by atoms with Crippen LogP contribution in [0.4, 0.5) is 0 Å². The van der Waals surface area contributed by atoms with Crippen molar-refractivity contribution in [3.8, 4) is 5.75 Å². The van der Waals surface area contributed by atoms with E-state index in [0.29, 0.717) is 0 Å². The van der Waals surface area contributed by atoms with Crippen molar-refractivity contribution < 1.29 is 14.3 Å². The summed E-state index contributed by atoms with van der Waals surface area (Å²) in [5.74, 6) is 0.531. The molecule has 0 aliphatic carbocycles. The van der Waals surface area contributed by atoms with Crippen molar-refractivity contribution in [2.45, 2.75) is 46.6 Å². The summed E-state index contributed by atoms with van der Waals surface area (Å²) in [7, 11) is 1.64.